The minimum atomic E-state index is -0.168. The molecule has 0 nitrogen and oxygen atoms in total. The molecule has 0 amide bonds. The molecule has 54 valence electrons. The second-order valence-corrected chi connectivity index (χ2v) is 4.03. The van der Waals surface area contributed by atoms with Crippen molar-refractivity contribution in [3.63, 3.8) is 0 Å². The summed E-state index contributed by atoms with van der Waals surface area (Å²) in [6.45, 7) is 1.94. The van der Waals surface area contributed by atoms with Crippen molar-refractivity contribution in [3.8, 4) is 0 Å². The van der Waals surface area contributed by atoms with Crippen molar-refractivity contribution >= 4 is 38.5 Å². The molecule has 0 heterocycles. The smallest absolute Gasteiger partial charge is 0.137 e. The third-order valence-electron chi connectivity index (χ3n) is 1.20. The van der Waals surface area contributed by atoms with Crippen molar-refractivity contribution in [2.24, 2.45) is 0 Å². The van der Waals surface area contributed by atoms with Crippen LogP contribution in [0, 0.1) is 16.3 Å². The van der Waals surface area contributed by atoms with Crippen LogP contribution in [0.5, 0.6) is 0 Å². The number of benzene rings is 1. The molecule has 0 saturated heterocycles. The number of hydrogen-bond donors (Lipinski definition) is 0. The average molecular weight is 315 g/mol. The lowest BCUT2D eigenvalue weighted by Crippen LogP contribution is -1.83. The van der Waals surface area contributed by atoms with Crippen molar-refractivity contribution < 1.29 is 4.39 Å². The molecular weight excluding hydrogens is 310 g/mol. The molecule has 0 fully saturated rings. The van der Waals surface area contributed by atoms with Crippen LogP contribution in [0.2, 0.25) is 0 Å². The van der Waals surface area contributed by atoms with E-state index in [0.717, 1.165) is 10.0 Å². The highest BCUT2D eigenvalue weighted by atomic mass is 127. The largest absolute Gasteiger partial charge is 0.206 e. The molecule has 0 radical (unpaired) electrons. The zero-order valence-corrected chi connectivity index (χ0v) is 9.03. The molecule has 1 aromatic rings. The van der Waals surface area contributed by atoms with E-state index in [0.29, 0.717) is 3.57 Å². The van der Waals surface area contributed by atoms with Crippen LogP contribution < -0.4 is 0 Å². The molecule has 0 N–H and O–H groups in total. The van der Waals surface area contributed by atoms with Gasteiger partial charge in [-0.05, 0) is 47.2 Å². The highest BCUT2D eigenvalue weighted by molar-refractivity contribution is 14.1. The van der Waals surface area contributed by atoms with Crippen LogP contribution in [0.4, 0.5) is 4.39 Å². The van der Waals surface area contributed by atoms with E-state index in [9.17, 15) is 4.39 Å². The van der Waals surface area contributed by atoms with E-state index in [1.54, 1.807) is 6.07 Å². The van der Waals surface area contributed by atoms with Crippen molar-refractivity contribution in [1.82, 2.24) is 0 Å². The van der Waals surface area contributed by atoms with Gasteiger partial charge in [-0.3, -0.25) is 0 Å². The normalized spacial score (nSPS) is 10.0. The first-order valence-corrected chi connectivity index (χ1v) is 4.59. The lowest BCUT2D eigenvalue weighted by Gasteiger charge is -1.98. The molecule has 0 saturated carbocycles. The highest BCUT2D eigenvalue weighted by Crippen LogP contribution is 2.21. The molecule has 0 bridgehead atoms. The zero-order valence-electron chi connectivity index (χ0n) is 5.29. The fourth-order valence-corrected chi connectivity index (χ4v) is 1.56. The van der Waals surface area contributed by atoms with Crippen molar-refractivity contribution in [3.05, 3.63) is 31.6 Å². The SMILES string of the molecule is Cc1cc(I)c(F)cc1Br. The Morgan fingerprint density at radius 2 is 2.10 bits per heavy atom. The van der Waals surface area contributed by atoms with E-state index >= 15 is 0 Å². The van der Waals surface area contributed by atoms with Gasteiger partial charge in [0.1, 0.15) is 5.82 Å². The molecule has 0 spiro atoms. The maximum atomic E-state index is 12.7. The van der Waals surface area contributed by atoms with E-state index in [1.807, 2.05) is 29.5 Å². The van der Waals surface area contributed by atoms with Crippen LogP contribution in [-0.2, 0) is 0 Å². The number of rotatable bonds is 0. The van der Waals surface area contributed by atoms with E-state index < -0.39 is 0 Å². The Hall–Kier alpha value is 0.360. The Kier molecular flexibility index (Phi) is 2.68. The first-order chi connectivity index (χ1) is 4.61. The summed E-state index contributed by atoms with van der Waals surface area (Å²) in [5.41, 5.74) is 1.06. The monoisotopic (exact) mass is 314 g/mol. The van der Waals surface area contributed by atoms with E-state index in [-0.39, 0.29) is 5.82 Å². The van der Waals surface area contributed by atoms with Gasteiger partial charge in [0.05, 0.1) is 0 Å². The molecule has 3 heteroatoms. The minimum Gasteiger partial charge on any atom is -0.206 e. The summed E-state index contributed by atoms with van der Waals surface area (Å²) in [7, 11) is 0. The van der Waals surface area contributed by atoms with Gasteiger partial charge in [0, 0.05) is 8.04 Å². The molecule has 10 heavy (non-hydrogen) atoms. The van der Waals surface area contributed by atoms with Gasteiger partial charge in [-0.1, -0.05) is 15.9 Å². The highest BCUT2D eigenvalue weighted by Gasteiger charge is 2.01. The number of halogens is 3. The lowest BCUT2D eigenvalue weighted by atomic mass is 10.2. The first kappa shape index (κ1) is 8.46. The maximum absolute atomic E-state index is 12.7. The summed E-state index contributed by atoms with van der Waals surface area (Å²) in [6, 6.07) is 3.29. The van der Waals surface area contributed by atoms with Crippen LogP contribution >= 0.6 is 38.5 Å². The summed E-state index contributed by atoms with van der Waals surface area (Å²) in [6.07, 6.45) is 0. The predicted molar refractivity (Wildman–Crippen MR) is 51.6 cm³/mol. The molecule has 1 aromatic carbocycles. The zero-order chi connectivity index (χ0) is 7.72. The third-order valence-corrected chi connectivity index (χ3v) is 2.88. The van der Waals surface area contributed by atoms with Crippen molar-refractivity contribution in [1.29, 1.82) is 0 Å². The number of hydrogen-bond acceptors (Lipinski definition) is 0. The molecule has 0 aliphatic heterocycles. The standard InChI is InChI=1S/C7H5BrFI/c1-4-2-7(10)6(9)3-5(4)8/h2-3H,1H3. The summed E-state index contributed by atoms with van der Waals surface area (Å²) in [4.78, 5) is 0. The Bertz CT molecular complexity index is 210. The molecule has 0 atom stereocenters. The molecule has 0 aliphatic carbocycles. The number of aryl methyl sites for hydroxylation is 1. The van der Waals surface area contributed by atoms with Crippen LogP contribution in [0.25, 0.3) is 0 Å². The van der Waals surface area contributed by atoms with Gasteiger partial charge < -0.3 is 0 Å². The van der Waals surface area contributed by atoms with Crippen LogP contribution in [-0.4, -0.2) is 0 Å². The van der Waals surface area contributed by atoms with Gasteiger partial charge in [-0.2, -0.15) is 0 Å². The summed E-state index contributed by atoms with van der Waals surface area (Å²) >= 11 is 5.21. The van der Waals surface area contributed by atoms with Gasteiger partial charge in [-0.25, -0.2) is 4.39 Å². The van der Waals surface area contributed by atoms with E-state index in [2.05, 4.69) is 15.9 Å². The van der Waals surface area contributed by atoms with Crippen molar-refractivity contribution in [2.45, 2.75) is 6.92 Å². The van der Waals surface area contributed by atoms with Crippen LogP contribution in [0.1, 0.15) is 5.56 Å². The fraction of sp³-hybridized carbons (Fsp3) is 0.143. The molecular formula is C7H5BrFI. The van der Waals surface area contributed by atoms with Crippen LogP contribution in [0.3, 0.4) is 0 Å². The lowest BCUT2D eigenvalue weighted by molar-refractivity contribution is 0.619. The van der Waals surface area contributed by atoms with E-state index in [4.69, 9.17) is 0 Å². The topological polar surface area (TPSA) is 0 Å². The Morgan fingerprint density at radius 1 is 1.50 bits per heavy atom. The molecule has 0 aromatic heterocycles. The average Bonchev–Trinajstić information content (AvgIpc) is 1.84. The van der Waals surface area contributed by atoms with E-state index in [1.165, 1.54) is 6.07 Å². The molecule has 0 unspecified atom stereocenters. The van der Waals surface area contributed by atoms with Gasteiger partial charge >= 0.3 is 0 Å². The second-order valence-electron chi connectivity index (χ2n) is 2.02. The van der Waals surface area contributed by atoms with Gasteiger partial charge in [0.15, 0.2) is 0 Å². The summed E-state index contributed by atoms with van der Waals surface area (Å²) in [5, 5.41) is 0. The molecule has 0 aliphatic rings. The van der Waals surface area contributed by atoms with Gasteiger partial charge in [0.2, 0.25) is 0 Å². The molecule has 1 rings (SSSR count). The first-order valence-electron chi connectivity index (χ1n) is 2.72. The van der Waals surface area contributed by atoms with Gasteiger partial charge in [0.25, 0.3) is 0 Å². The quantitative estimate of drug-likeness (QED) is 0.508. The van der Waals surface area contributed by atoms with Crippen LogP contribution in [0.15, 0.2) is 16.6 Å². The van der Waals surface area contributed by atoms with Gasteiger partial charge in [-0.15, -0.1) is 0 Å². The third kappa shape index (κ3) is 1.69. The minimum absolute atomic E-state index is 0.168. The summed E-state index contributed by atoms with van der Waals surface area (Å²) in [5.74, 6) is -0.168. The maximum Gasteiger partial charge on any atom is 0.137 e. The second kappa shape index (κ2) is 3.17. The Morgan fingerprint density at radius 3 is 2.60 bits per heavy atom. The Labute approximate surface area is 81.1 Å². The van der Waals surface area contributed by atoms with Crippen molar-refractivity contribution in [2.75, 3.05) is 0 Å². The Balaban J connectivity index is 3.28. The fourth-order valence-electron chi connectivity index (χ4n) is 0.622. The summed E-state index contributed by atoms with van der Waals surface area (Å²) < 4.78 is 14.2. The predicted octanol–water partition coefficient (Wildman–Crippen LogP) is 3.50.